The molecule has 4 fully saturated rings. The van der Waals surface area contributed by atoms with E-state index in [2.05, 4.69) is 84.7 Å². The average Bonchev–Trinajstić information content (AvgIpc) is 1.63. The molecule has 0 radical (unpaired) electrons. The predicted molar refractivity (Wildman–Crippen MR) is 532 cm³/mol. The number of nitrogens with one attached hydrogen (secondary N) is 16. The molecule has 51 heteroatoms. The van der Waals surface area contributed by atoms with Crippen molar-refractivity contribution in [1.29, 1.82) is 0 Å². The molecule has 4 aliphatic rings. The van der Waals surface area contributed by atoms with Crippen LogP contribution < -0.4 is 108 Å². The molecule has 5 heterocycles. The van der Waals surface area contributed by atoms with Gasteiger partial charge in [-0.25, -0.2) is 0 Å². The number of aliphatic hydroxyl groups is 3. The molecule has 148 heavy (non-hydrogen) atoms. The first-order valence-corrected chi connectivity index (χ1v) is 50.4. The van der Waals surface area contributed by atoms with Gasteiger partial charge in [0.25, 0.3) is 0 Å². The molecule has 3 aromatic rings. The zero-order chi connectivity index (χ0) is 109. The van der Waals surface area contributed by atoms with Crippen molar-refractivity contribution in [2.45, 2.75) is 292 Å². The van der Waals surface area contributed by atoms with Gasteiger partial charge in [-0.1, -0.05) is 90.1 Å². The molecule has 4 aliphatic heterocycles. The first-order chi connectivity index (χ1) is 70.3. The van der Waals surface area contributed by atoms with E-state index in [1.807, 2.05) is 0 Å². The van der Waals surface area contributed by atoms with Crippen LogP contribution in [0.2, 0.25) is 0 Å². The number of carboxylic acids is 1. The van der Waals surface area contributed by atoms with Crippen LogP contribution in [0.1, 0.15) is 188 Å². The van der Waals surface area contributed by atoms with Crippen LogP contribution in [0.4, 0.5) is 0 Å². The van der Waals surface area contributed by atoms with E-state index in [9.17, 15) is 116 Å². The summed E-state index contributed by atoms with van der Waals surface area (Å²) in [6.45, 7) is 7.27. The standard InChI is InChI=1S/C97H149N25O26/c1-52(2)41-64(111-88(139)65(42-53(3)4)112-89(140)67(44-57-45-103-60-24-12-11-23-58(57)60)114-85(136)62(26-14-16-36-99)110-94(145)80(54(5)6)118-90(141)66(43-56-21-9-8-10-22-56)113-86(137)63(32-34-79(130)131)108-82(133)59(100)31-33-75(101)126)87(138)109-61(25-13-15-35-98)83(134)105-46-76(127)104-48-78(129)119-37-17-27-71(119)92(143)117-70(51-125)91(142)116-69(50-124)84(135)106-47-77(128)107-55(7)95(146)121-39-19-29-73(121)97(148)122-40-20-30-74(122)96(147)120-38-18-28-72(120)93(144)115-68(49-123)81(102)132/h8-12,21-24,45,52-55,59,61-74,80,103,123-125H,13-20,25-44,46-51,98-100H2,1-7H3,(H2,101,126)(H2,102,132)(H,104,127)(H,105,134)(H,106,135)(H,107,128)(H,108,133)(H,109,138)(H,110,145)(H,111,139)(H,112,140)(H,113,137)(H,114,136)(H,115,144)(H,116,142)(H,117,143)(H,118,141)(H,130,131)/t55-,59-,61-,62-,63-,64-,65-,66-,67-,68-,69-,70-,71-,72-,73-,74-,80-/m0/s1. The molecule has 7 rings (SSSR count). The van der Waals surface area contributed by atoms with Gasteiger partial charge in [-0.2, -0.15) is 0 Å². The molecule has 30 N–H and O–H groups in total. The maximum atomic E-state index is 15.2. The number of primary amides is 2. The Morgan fingerprint density at radius 1 is 0.399 bits per heavy atom. The highest BCUT2D eigenvalue weighted by atomic mass is 16.4. The first-order valence-electron chi connectivity index (χ1n) is 50.4. The average molecular weight is 2080 g/mol. The van der Waals surface area contributed by atoms with Gasteiger partial charge in [0.05, 0.1) is 45.5 Å². The number of unbranched alkanes of at least 4 members (excludes halogenated alkanes) is 2. The van der Waals surface area contributed by atoms with E-state index in [4.69, 9.17) is 28.7 Å². The number of amides is 21. The fourth-order valence-corrected chi connectivity index (χ4v) is 17.9. The predicted octanol–water partition coefficient (Wildman–Crippen LogP) is -7.97. The first kappa shape index (κ1) is 121. The van der Waals surface area contributed by atoms with Crippen molar-refractivity contribution >= 4 is 141 Å². The van der Waals surface area contributed by atoms with Gasteiger partial charge in [0.2, 0.25) is 124 Å². The maximum absolute atomic E-state index is 15.2. The number of para-hydroxylation sites is 1. The fraction of sp³-hybridized carbons (Fsp3) is 0.629. The van der Waals surface area contributed by atoms with E-state index in [-0.39, 0.29) is 147 Å². The van der Waals surface area contributed by atoms with Gasteiger partial charge in [0.1, 0.15) is 96.7 Å². The molecule has 0 saturated carbocycles. The molecule has 2 aromatic carbocycles. The van der Waals surface area contributed by atoms with Crippen LogP contribution in [0.5, 0.6) is 0 Å². The van der Waals surface area contributed by atoms with Gasteiger partial charge in [0, 0.05) is 69.0 Å². The highest BCUT2D eigenvalue weighted by Gasteiger charge is 2.48. The molecule has 1 aromatic heterocycles. The summed E-state index contributed by atoms with van der Waals surface area (Å²) in [6.07, 6.45) is 3.14. The second kappa shape index (κ2) is 60.4. The number of rotatable bonds is 61. The summed E-state index contributed by atoms with van der Waals surface area (Å²) >= 11 is 0. The number of carbonyl (C=O) groups is 22. The number of fused-ring (bicyclic) bond motifs is 1. The third-order valence-corrected chi connectivity index (χ3v) is 25.9. The SMILES string of the molecule is CC(C)C[C@H](NC(=O)[C@H](CC(C)C)NC(=O)[C@H](Cc1c[nH]c2ccccc12)NC(=O)[C@H](CCCCN)NC(=O)[C@@H](NC(=O)[C@H](Cc1ccccc1)NC(=O)[C@H](CCC(=O)O)NC(=O)[C@@H](N)CCC(N)=O)C(C)C)C(=O)N[C@@H](CCCCN)C(=O)NCC(=O)NCC(=O)N1CCC[C@H]1C(=O)N[C@@H](CO)C(=O)N[C@@H](CO)C(=O)NCC(=O)N[C@@H](C)C(=O)N1CCC[C@H]1C(=O)N1CCC[C@H]1C(=O)N1CCC[C@H]1C(=O)N[C@@H](CO)C(N)=O. The number of nitrogens with zero attached hydrogens (tertiary/aromatic N) is 4. The Labute approximate surface area is 856 Å². The number of H-pyrrole nitrogens is 1. The zero-order valence-corrected chi connectivity index (χ0v) is 84.8. The van der Waals surface area contributed by atoms with Crippen molar-refractivity contribution in [2.24, 2.45) is 46.4 Å². The summed E-state index contributed by atoms with van der Waals surface area (Å²) in [4.78, 5) is 311. The molecular formula is C97H149N25O26. The third kappa shape index (κ3) is 37.2. The molecular weight excluding hydrogens is 1930 g/mol. The minimum Gasteiger partial charge on any atom is -0.481 e. The molecule has 21 amide bonds. The van der Waals surface area contributed by atoms with Gasteiger partial charge in [-0.3, -0.25) is 105 Å². The molecule has 0 bridgehead atoms. The normalized spacial score (nSPS) is 18.1. The minimum atomic E-state index is -1.79. The van der Waals surface area contributed by atoms with E-state index >= 15 is 9.59 Å². The molecule has 818 valence electrons. The lowest BCUT2D eigenvalue weighted by atomic mass is 9.98. The molecule has 0 spiro atoms. The Hall–Kier alpha value is -13.9. The van der Waals surface area contributed by atoms with Crippen LogP contribution in [-0.4, -0.2) is 356 Å². The summed E-state index contributed by atoms with van der Waals surface area (Å²) in [5.74, 6) is -20.6. The molecule has 0 aliphatic carbocycles. The summed E-state index contributed by atoms with van der Waals surface area (Å²) in [7, 11) is 0. The van der Waals surface area contributed by atoms with E-state index in [1.165, 1.54) is 21.6 Å². The Kier molecular flexibility index (Phi) is 49.4. The summed E-state index contributed by atoms with van der Waals surface area (Å²) < 4.78 is 0. The number of benzene rings is 2. The van der Waals surface area contributed by atoms with Crippen LogP contribution in [0, 0.1) is 17.8 Å². The monoisotopic (exact) mass is 2080 g/mol. The number of carboxylic acid groups (broad SMARTS) is 1. The molecule has 0 unspecified atom stereocenters. The Morgan fingerprint density at radius 2 is 0.818 bits per heavy atom. The lowest BCUT2D eigenvalue weighted by Crippen LogP contribution is -2.61. The van der Waals surface area contributed by atoms with Gasteiger partial charge < -0.3 is 153 Å². The highest BCUT2D eigenvalue weighted by molar-refractivity contribution is 6.03. The van der Waals surface area contributed by atoms with Crippen molar-refractivity contribution < 1.29 is 126 Å². The number of carbonyl (C=O) groups excluding carboxylic acids is 21. The quantitative estimate of drug-likeness (QED) is 0.0233. The van der Waals surface area contributed by atoms with Crippen molar-refractivity contribution in [2.75, 3.05) is 78.7 Å². The van der Waals surface area contributed by atoms with E-state index < -0.39 is 291 Å². The minimum absolute atomic E-state index is 0.0151. The number of nitrogens with two attached hydrogens (primary N) is 5. The van der Waals surface area contributed by atoms with Crippen LogP contribution in [0.25, 0.3) is 10.9 Å². The fourth-order valence-electron chi connectivity index (χ4n) is 17.9. The summed E-state index contributed by atoms with van der Waals surface area (Å²) in [6, 6.07) is -7.92. The number of aromatic nitrogens is 1. The largest absolute Gasteiger partial charge is 0.481 e. The van der Waals surface area contributed by atoms with E-state index in [1.54, 1.807) is 102 Å². The van der Waals surface area contributed by atoms with Crippen molar-refractivity contribution in [3.8, 4) is 0 Å². The summed E-state index contributed by atoms with van der Waals surface area (Å²) in [5.41, 5.74) is 30.0. The maximum Gasteiger partial charge on any atom is 0.303 e. The molecule has 17 atom stereocenters. The number of hydrogen-bond donors (Lipinski definition) is 25. The lowest BCUT2D eigenvalue weighted by molar-refractivity contribution is -0.151. The topological polar surface area (TPSA) is 796 Å². The van der Waals surface area contributed by atoms with Crippen LogP contribution in [-0.2, 0) is 118 Å². The van der Waals surface area contributed by atoms with E-state index in [0.29, 0.717) is 54.1 Å². The molecule has 51 nitrogen and oxygen atoms in total. The second-order valence-electron chi connectivity index (χ2n) is 38.7. The zero-order valence-electron chi connectivity index (χ0n) is 84.8. The number of likely N-dealkylation sites (tertiary alicyclic amines) is 4. The molecule has 4 saturated heterocycles. The van der Waals surface area contributed by atoms with Crippen molar-refractivity contribution in [3.63, 3.8) is 0 Å². The Morgan fingerprint density at radius 3 is 1.35 bits per heavy atom. The van der Waals surface area contributed by atoms with Gasteiger partial charge in [0.15, 0.2) is 0 Å². The number of hydrogen-bond acceptors (Lipinski definition) is 28. The van der Waals surface area contributed by atoms with Gasteiger partial charge >= 0.3 is 5.97 Å². The highest BCUT2D eigenvalue weighted by Crippen LogP contribution is 2.30. The Balaban J connectivity index is 0.939. The van der Waals surface area contributed by atoms with E-state index in [0.717, 1.165) is 4.90 Å². The van der Waals surface area contributed by atoms with Crippen LogP contribution >= 0.6 is 0 Å². The third-order valence-electron chi connectivity index (χ3n) is 25.9. The smallest absolute Gasteiger partial charge is 0.303 e. The second-order valence-corrected chi connectivity index (χ2v) is 38.7. The lowest BCUT2D eigenvalue weighted by Gasteiger charge is -2.34. The van der Waals surface area contributed by atoms with Crippen LogP contribution in [0.15, 0.2) is 60.8 Å². The summed E-state index contributed by atoms with van der Waals surface area (Å²) in [5, 5.41) is 78.3. The van der Waals surface area contributed by atoms with Gasteiger partial charge in [-0.05, 0) is 171 Å². The number of aromatic amines is 1. The van der Waals surface area contributed by atoms with Crippen molar-refractivity contribution in [3.05, 3.63) is 71.9 Å². The number of aliphatic carboxylic acids is 1. The van der Waals surface area contributed by atoms with Crippen LogP contribution in [0.3, 0.4) is 0 Å². The van der Waals surface area contributed by atoms with Crippen molar-refractivity contribution in [1.82, 2.24) is 104 Å². The van der Waals surface area contributed by atoms with Gasteiger partial charge in [-0.15, -0.1) is 0 Å². The Bertz CT molecular complexity index is 5120. The number of aliphatic hydroxyl groups excluding tert-OH is 3.